The van der Waals surface area contributed by atoms with Gasteiger partial charge in [0, 0.05) is 10.0 Å². The van der Waals surface area contributed by atoms with Crippen LogP contribution in [0.25, 0.3) is 16.9 Å². The smallest absolute Gasteiger partial charge is 0.280 e. The lowest BCUT2D eigenvalue weighted by molar-refractivity contribution is 0.414. The topological polar surface area (TPSA) is 59.4 Å². The van der Waals surface area contributed by atoms with Crippen LogP contribution in [0.4, 0.5) is 5.69 Å². The van der Waals surface area contributed by atoms with Crippen LogP contribution in [-0.4, -0.2) is 22.6 Å². The minimum atomic E-state index is -0.157. The number of aromatic amines is 1. The number of benzene rings is 3. The van der Waals surface area contributed by atoms with E-state index in [1.165, 1.54) is 4.68 Å². The van der Waals surface area contributed by atoms with E-state index in [2.05, 4.69) is 21.0 Å². The number of nitrogens with zero attached hydrogens (tertiary/aromatic N) is 2. The molecule has 0 amide bonds. The summed E-state index contributed by atoms with van der Waals surface area (Å²) in [6, 6.07) is 24.8. The third-order valence-corrected chi connectivity index (χ3v) is 5.24. The molecule has 0 fully saturated rings. The van der Waals surface area contributed by atoms with Crippen molar-refractivity contribution in [2.24, 2.45) is 4.99 Å². The third kappa shape index (κ3) is 4.00. The summed E-state index contributed by atoms with van der Waals surface area (Å²) in [7, 11) is 1.61. The number of H-pyrrole nitrogens is 1. The molecule has 0 aliphatic heterocycles. The van der Waals surface area contributed by atoms with Crippen molar-refractivity contribution < 1.29 is 4.74 Å². The second-order valence-electron chi connectivity index (χ2n) is 6.74. The van der Waals surface area contributed by atoms with E-state index in [-0.39, 0.29) is 5.56 Å². The van der Waals surface area contributed by atoms with E-state index in [0.717, 1.165) is 32.9 Å². The molecule has 0 aliphatic rings. The summed E-state index contributed by atoms with van der Waals surface area (Å²) in [5.74, 6) is 0.731. The molecule has 1 N–H and O–H groups in total. The van der Waals surface area contributed by atoms with Crippen molar-refractivity contribution in [2.45, 2.75) is 6.92 Å². The molecule has 0 saturated heterocycles. The van der Waals surface area contributed by atoms with Crippen LogP contribution in [0.5, 0.6) is 5.75 Å². The van der Waals surface area contributed by atoms with Gasteiger partial charge < -0.3 is 4.74 Å². The highest BCUT2D eigenvalue weighted by atomic mass is 79.9. The maximum atomic E-state index is 13.4. The Hall–Kier alpha value is -3.38. The molecule has 3 aromatic carbocycles. The summed E-state index contributed by atoms with van der Waals surface area (Å²) in [5, 5.41) is 3.27. The van der Waals surface area contributed by atoms with Crippen molar-refractivity contribution in [1.29, 1.82) is 0 Å². The Morgan fingerprint density at radius 2 is 1.73 bits per heavy atom. The Bertz CT molecular complexity index is 1260. The SMILES string of the molecule is COc1ccc(-n2[nH]c(-c3ccccc3)c(C(C)=Nc3cccc(Br)c3)c2=O)cc1. The Kier molecular flexibility index (Phi) is 5.68. The quantitative estimate of drug-likeness (QED) is 0.385. The molecule has 6 heteroatoms. The normalized spacial score (nSPS) is 11.5. The van der Waals surface area contributed by atoms with Gasteiger partial charge in [-0.25, -0.2) is 4.68 Å². The lowest BCUT2D eigenvalue weighted by atomic mass is 10.1. The third-order valence-electron chi connectivity index (χ3n) is 4.75. The highest BCUT2D eigenvalue weighted by molar-refractivity contribution is 9.10. The van der Waals surface area contributed by atoms with Crippen molar-refractivity contribution in [2.75, 3.05) is 7.11 Å². The van der Waals surface area contributed by atoms with Gasteiger partial charge in [-0.2, -0.15) is 0 Å². The molecule has 0 atom stereocenters. The standard InChI is InChI=1S/C24H20BrN3O2/c1-16(26-19-10-6-9-18(25)15-19)22-23(17-7-4-3-5-8-17)27-28(24(22)29)20-11-13-21(30-2)14-12-20/h3-15,27H,1-2H3. The molecule has 1 aromatic heterocycles. The van der Waals surface area contributed by atoms with Crippen LogP contribution in [0, 0.1) is 0 Å². The first-order valence-electron chi connectivity index (χ1n) is 9.43. The van der Waals surface area contributed by atoms with Crippen LogP contribution in [0.15, 0.2) is 93.1 Å². The maximum Gasteiger partial charge on any atom is 0.280 e. The van der Waals surface area contributed by atoms with Crippen LogP contribution >= 0.6 is 15.9 Å². The average Bonchev–Trinajstić information content (AvgIpc) is 3.11. The fourth-order valence-electron chi connectivity index (χ4n) is 3.29. The van der Waals surface area contributed by atoms with Crippen molar-refractivity contribution in [3.8, 4) is 22.7 Å². The zero-order valence-corrected chi connectivity index (χ0v) is 18.2. The van der Waals surface area contributed by atoms with Gasteiger partial charge in [0.05, 0.1) is 35.5 Å². The molecular weight excluding hydrogens is 442 g/mol. The Morgan fingerprint density at radius 1 is 1.00 bits per heavy atom. The summed E-state index contributed by atoms with van der Waals surface area (Å²) >= 11 is 3.47. The van der Waals surface area contributed by atoms with Crippen LogP contribution in [0.2, 0.25) is 0 Å². The number of hydrogen-bond acceptors (Lipinski definition) is 3. The zero-order valence-electron chi connectivity index (χ0n) is 16.6. The van der Waals surface area contributed by atoms with E-state index in [1.807, 2.05) is 85.8 Å². The summed E-state index contributed by atoms with van der Waals surface area (Å²) in [5.41, 5.74) is 4.16. The molecule has 0 unspecified atom stereocenters. The molecule has 5 nitrogen and oxygen atoms in total. The van der Waals surface area contributed by atoms with Crippen molar-refractivity contribution >= 4 is 27.3 Å². The van der Waals surface area contributed by atoms with Gasteiger partial charge in [0.2, 0.25) is 0 Å². The minimum Gasteiger partial charge on any atom is -0.497 e. The van der Waals surface area contributed by atoms with Gasteiger partial charge in [-0.15, -0.1) is 0 Å². The van der Waals surface area contributed by atoms with Crippen LogP contribution in [0.3, 0.4) is 0 Å². The average molecular weight is 462 g/mol. The largest absolute Gasteiger partial charge is 0.497 e. The molecule has 1 heterocycles. The van der Waals surface area contributed by atoms with E-state index >= 15 is 0 Å². The van der Waals surface area contributed by atoms with Crippen LogP contribution < -0.4 is 10.3 Å². The van der Waals surface area contributed by atoms with Gasteiger partial charge in [0.25, 0.3) is 5.56 Å². The summed E-state index contributed by atoms with van der Waals surface area (Å²) in [6.07, 6.45) is 0. The maximum absolute atomic E-state index is 13.4. The number of rotatable bonds is 5. The minimum absolute atomic E-state index is 0.157. The van der Waals surface area contributed by atoms with E-state index in [1.54, 1.807) is 7.11 Å². The van der Waals surface area contributed by atoms with E-state index in [0.29, 0.717) is 11.3 Å². The predicted octanol–water partition coefficient (Wildman–Crippen LogP) is 5.74. The summed E-state index contributed by atoms with van der Waals surface area (Å²) < 4.78 is 7.70. The Labute approximate surface area is 182 Å². The van der Waals surface area contributed by atoms with E-state index in [4.69, 9.17) is 9.73 Å². The van der Waals surface area contributed by atoms with Crippen molar-refractivity contribution in [3.63, 3.8) is 0 Å². The number of methoxy groups -OCH3 is 1. The first-order valence-corrected chi connectivity index (χ1v) is 10.2. The highest BCUT2D eigenvalue weighted by Gasteiger charge is 2.19. The Morgan fingerprint density at radius 3 is 2.40 bits per heavy atom. The van der Waals surface area contributed by atoms with Crippen LogP contribution in [-0.2, 0) is 0 Å². The molecule has 0 saturated carbocycles. The Balaban J connectivity index is 1.89. The van der Waals surface area contributed by atoms with Gasteiger partial charge in [0.1, 0.15) is 5.75 Å². The number of aliphatic imine (C=N–C) groups is 1. The van der Waals surface area contributed by atoms with Crippen LogP contribution in [0.1, 0.15) is 12.5 Å². The van der Waals surface area contributed by atoms with E-state index in [9.17, 15) is 4.79 Å². The second kappa shape index (κ2) is 8.55. The number of ether oxygens (including phenoxy) is 1. The molecule has 150 valence electrons. The van der Waals surface area contributed by atoms with Gasteiger partial charge in [0.15, 0.2) is 0 Å². The molecule has 4 rings (SSSR count). The monoisotopic (exact) mass is 461 g/mol. The van der Waals surface area contributed by atoms with E-state index < -0.39 is 0 Å². The van der Waals surface area contributed by atoms with Gasteiger partial charge >= 0.3 is 0 Å². The molecule has 0 radical (unpaired) electrons. The zero-order chi connectivity index (χ0) is 21.1. The van der Waals surface area contributed by atoms with Crippen molar-refractivity contribution in [3.05, 3.63) is 99.3 Å². The first-order chi connectivity index (χ1) is 14.6. The number of hydrogen-bond donors (Lipinski definition) is 1. The molecule has 0 bridgehead atoms. The van der Waals surface area contributed by atoms with Crippen molar-refractivity contribution in [1.82, 2.24) is 9.78 Å². The fraction of sp³-hybridized carbons (Fsp3) is 0.0833. The highest BCUT2D eigenvalue weighted by Crippen LogP contribution is 2.24. The molecule has 0 aliphatic carbocycles. The van der Waals surface area contributed by atoms with Gasteiger partial charge in [-0.1, -0.05) is 52.3 Å². The lowest BCUT2D eigenvalue weighted by Gasteiger charge is -2.04. The molecular formula is C24H20BrN3O2. The lowest BCUT2D eigenvalue weighted by Crippen LogP contribution is -2.19. The molecule has 0 spiro atoms. The number of nitrogens with one attached hydrogen (secondary N) is 1. The fourth-order valence-corrected chi connectivity index (χ4v) is 3.68. The number of aromatic nitrogens is 2. The molecule has 30 heavy (non-hydrogen) atoms. The van der Waals surface area contributed by atoms with Gasteiger partial charge in [-0.05, 0) is 49.4 Å². The van der Waals surface area contributed by atoms with Gasteiger partial charge in [-0.3, -0.25) is 14.9 Å². The second-order valence-corrected chi connectivity index (χ2v) is 7.66. The number of halogens is 1. The predicted molar refractivity (Wildman–Crippen MR) is 124 cm³/mol. The summed E-state index contributed by atoms with van der Waals surface area (Å²) in [4.78, 5) is 18.1. The molecule has 4 aromatic rings. The summed E-state index contributed by atoms with van der Waals surface area (Å²) in [6.45, 7) is 1.86. The first kappa shape index (κ1) is 19.9.